The normalized spacial score (nSPS) is 9.92. The second kappa shape index (κ2) is 2.84. The quantitative estimate of drug-likeness (QED) is 0.485. The van der Waals surface area contributed by atoms with Gasteiger partial charge in [-0.2, -0.15) is 4.99 Å². The molecule has 2 aromatic heterocycles. The number of nitrogens with zero attached hydrogens (tertiary/aromatic N) is 3. The number of hydrogen-bond donors (Lipinski definition) is 0. The fraction of sp³-hybridized carbons (Fsp3) is 0.111. The fourth-order valence-electron chi connectivity index (χ4n) is 1.24. The topological polar surface area (TPSA) is 46.7 Å². The number of aryl methyl sites for hydroxylation is 1. The molecule has 2 rings (SSSR count). The van der Waals surface area contributed by atoms with Gasteiger partial charge in [0.1, 0.15) is 5.82 Å². The summed E-state index contributed by atoms with van der Waals surface area (Å²) in [5.41, 5.74) is 1.52. The van der Waals surface area contributed by atoms with Gasteiger partial charge in [-0.15, -0.1) is 0 Å². The molecule has 2 heterocycles. The molecule has 0 radical (unpaired) electrons. The Balaban J connectivity index is 2.69. The van der Waals surface area contributed by atoms with Crippen LogP contribution in [0.1, 0.15) is 5.82 Å². The van der Waals surface area contributed by atoms with E-state index in [0.29, 0.717) is 5.69 Å². The molecule has 0 saturated heterocycles. The van der Waals surface area contributed by atoms with Gasteiger partial charge in [0.15, 0.2) is 0 Å². The highest BCUT2D eigenvalue weighted by molar-refractivity contribution is 5.58. The lowest BCUT2D eigenvalue weighted by atomic mass is 10.4. The minimum absolute atomic E-state index is 0.599. The van der Waals surface area contributed by atoms with Crippen LogP contribution in [0.5, 0.6) is 0 Å². The molecular weight excluding hydrogens is 166 g/mol. The zero-order chi connectivity index (χ0) is 9.26. The van der Waals surface area contributed by atoms with Crippen molar-refractivity contribution in [3.63, 3.8) is 0 Å². The number of rotatable bonds is 1. The maximum Gasteiger partial charge on any atom is 0.240 e. The van der Waals surface area contributed by atoms with Crippen molar-refractivity contribution in [2.75, 3.05) is 0 Å². The Kier molecular flexibility index (Phi) is 1.69. The van der Waals surface area contributed by atoms with Crippen molar-refractivity contribution in [1.82, 2.24) is 9.38 Å². The summed E-state index contributed by atoms with van der Waals surface area (Å²) in [6.07, 6.45) is 5.06. The molecule has 0 saturated carbocycles. The lowest BCUT2D eigenvalue weighted by molar-refractivity contribution is 0.565. The Morgan fingerprint density at radius 1 is 1.62 bits per heavy atom. The van der Waals surface area contributed by atoms with Crippen LogP contribution in [0.4, 0.5) is 5.69 Å². The van der Waals surface area contributed by atoms with E-state index < -0.39 is 0 Å². The third-order valence-corrected chi connectivity index (χ3v) is 1.88. The van der Waals surface area contributed by atoms with Crippen molar-refractivity contribution in [3.05, 3.63) is 30.4 Å². The molecule has 0 fully saturated rings. The predicted molar refractivity (Wildman–Crippen MR) is 47.7 cm³/mol. The Hall–Kier alpha value is -1.93. The lowest BCUT2D eigenvalue weighted by Gasteiger charge is -1.95. The molecule has 13 heavy (non-hydrogen) atoms. The largest absolute Gasteiger partial charge is 0.304 e. The molecule has 4 nitrogen and oxygen atoms in total. The van der Waals surface area contributed by atoms with Gasteiger partial charge in [0.25, 0.3) is 0 Å². The van der Waals surface area contributed by atoms with E-state index >= 15 is 0 Å². The number of isocyanates is 1. The minimum Gasteiger partial charge on any atom is -0.304 e. The van der Waals surface area contributed by atoms with Gasteiger partial charge in [-0.25, -0.2) is 9.78 Å². The number of aromatic nitrogens is 2. The van der Waals surface area contributed by atoms with Crippen LogP contribution in [-0.4, -0.2) is 15.5 Å². The van der Waals surface area contributed by atoms with Gasteiger partial charge >= 0.3 is 0 Å². The van der Waals surface area contributed by atoms with E-state index in [9.17, 15) is 4.79 Å². The van der Waals surface area contributed by atoms with E-state index in [1.807, 2.05) is 17.5 Å². The van der Waals surface area contributed by atoms with E-state index in [2.05, 4.69) is 9.98 Å². The van der Waals surface area contributed by atoms with E-state index in [4.69, 9.17) is 0 Å². The number of hydrogen-bond acceptors (Lipinski definition) is 3. The molecule has 0 aliphatic rings. The second-order valence-corrected chi connectivity index (χ2v) is 2.69. The van der Waals surface area contributed by atoms with Gasteiger partial charge in [0.05, 0.1) is 17.4 Å². The van der Waals surface area contributed by atoms with Crippen LogP contribution in [0, 0.1) is 6.92 Å². The highest BCUT2D eigenvalue weighted by Gasteiger charge is 1.98. The summed E-state index contributed by atoms with van der Waals surface area (Å²) in [5.74, 6) is 0.914. The van der Waals surface area contributed by atoms with Crippen LogP contribution in [0.3, 0.4) is 0 Å². The summed E-state index contributed by atoms with van der Waals surface area (Å²) in [5, 5.41) is 0. The first-order valence-corrected chi connectivity index (χ1v) is 3.83. The van der Waals surface area contributed by atoms with Crippen molar-refractivity contribution in [2.45, 2.75) is 6.92 Å². The maximum atomic E-state index is 10.0. The van der Waals surface area contributed by atoms with Crippen LogP contribution >= 0.6 is 0 Å². The molecule has 0 N–H and O–H groups in total. The standard InChI is InChI=1S/C9H7N3O/c1-7-10-5-9-4-8(11-6-13)2-3-12(7)9/h2-5H,1H3. The van der Waals surface area contributed by atoms with Gasteiger partial charge in [-0.1, -0.05) is 0 Å². The molecule has 0 spiro atoms. The van der Waals surface area contributed by atoms with Gasteiger partial charge in [-0.3, -0.25) is 0 Å². The highest BCUT2D eigenvalue weighted by Crippen LogP contribution is 2.15. The van der Waals surface area contributed by atoms with Gasteiger partial charge < -0.3 is 4.40 Å². The molecule has 0 bridgehead atoms. The van der Waals surface area contributed by atoms with Crippen LogP contribution < -0.4 is 0 Å². The smallest absolute Gasteiger partial charge is 0.240 e. The van der Waals surface area contributed by atoms with Crippen LogP contribution in [-0.2, 0) is 4.79 Å². The van der Waals surface area contributed by atoms with Crippen molar-refractivity contribution in [1.29, 1.82) is 0 Å². The Morgan fingerprint density at radius 3 is 3.23 bits per heavy atom. The van der Waals surface area contributed by atoms with Crippen LogP contribution in [0.2, 0.25) is 0 Å². The van der Waals surface area contributed by atoms with E-state index in [1.54, 1.807) is 18.3 Å². The van der Waals surface area contributed by atoms with Crippen molar-refractivity contribution >= 4 is 17.3 Å². The zero-order valence-corrected chi connectivity index (χ0v) is 7.06. The number of fused-ring (bicyclic) bond motifs is 1. The average molecular weight is 173 g/mol. The number of pyridine rings is 1. The first-order valence-electron chi connectivity index (χ1n) is 3.83. The molecule has 4 heteroatoms. The summed E-state index contributed by atoms with van der Waals surface area (Å²) < 4.78 is 1.92. The van der Waals surface area contributed by atoms with E-state index in [1.165, 1.54) is 6.08 Å². The Bertz CT molecular complexity index is 495. The van der Waals surface area contributed by atoms with Crippen molar-refractivity contribution < 1.29 is 4.79 Å². The lowest BCUT2D eigenvalue weighted by Crippen LogP contribution is -1.85. The van der Waals surface area contributed by atoms with E-state index in [-0.39, 0.29) is 0 Å². The van der Waals surface area contributed by atoms with Gasteiger partial charge in [0.2, 0.25) is 6.08 Å². The zero-order valence-electron chi connectivity index (χ0n) is 7.06. The maximum absolute atomic E-state index is 10.0. The van der Waals surface area contributed by atoms with E-state index in [0.717, 1.165) is 11.3 Å². The third-order valence-electron chi connectivity index (χ3n) is 1.88. The molecular formula is C9H7N3O. The first kappa shape index (κ1) is 7.71. The Labute approximate surface area is 74.6 Å². The van der Waals surface area contributed by atoms with Gasteiger partial charge in [0, 0.05) is 6.20 Å². The molecule has 0 aromatic carbocycles. The Morgan fingerprint density at radius 2 is 2.46 bits per heavy atom. The molecule has 0 unspecified atom stereocenters. The number of imidazole rings is 1. The molecule has 0 atom stereocenters. The number of carbonyl (C=O) groups excluding carboxylic acids is 1. The molecule has 0 aliphatic heterocycles. The molecule has 0 aliphatic carbocycles. The minimum atomic E-state index is 0.599. The third kappa shape index (κ3) is 1.23. The van der Waals surface area contributed by atoms with Crippen molar-refractivity contribution in [3.8, 4) is 0 Å². The van der Waals surface area contributed by atoms with Crippen LogP contribution in [0.15, 0.2) is 29.5 Å². The SMILES string of the molecule is Cc1ncc2cc(N=C=O)ccn12. The monoisotopic (exact) mass is 173 g/mol. The summed E-state index contributed by atoms with van der Waals surface area (Å²) in [4.78, 5) is 17.6. The first-order chi connectivity index (χ1) is 6.31. The molecule has 64 valence electrons. The molecule has 2 aromatic rings. The highest BCUT2D eigenvalue weighted by atomic mass is 16.1. The second-order valence-electron chi connectivity index (χ2n) is 2.69. The summed E-state index contributed by atoms with van der Waals surface area (Å²) in [6.45, 7) is 1.91. The van der Waals surface area contributed by atoms with Gasteiger partial charge in [-0.05, 0) is 19.1 Å². The molecule has 0 amide bonds. The van der Waals surface area contributed by atoms with Crippen LogP contribution in [0.25, 0.3) is 5.52 Å². The summed E-state index contributed by atoms with van der Waals surface area (Å²) in [6, 6.07) is 3.53. The fourth-order valence-corrected chi connectivity index (χ4v) is 1.24. The summed E-state index contributed by atoms with van der Waals surface area (Å²) >= 11 is 0. The average Bonchev–Trinajstić information content (AvgIpc) is 2.48. The van der Waals surface area contributed by atoms with Crippen molar-refractivity contribution in [2.24, 2.45) is 4.99 Å². The number of aliphatic imine (C=N–C) groups is 1. The summed E-state index contributed by atoms with van der Waals surface area (Å²) in [7, 11) is 0. The predicted octanol–water partition coefficient (Wildman–Crippen LogP) is 1.61.